The molecule has 1 saturated heterocycles. The zero-order valence-electron chi connectivity index (χ0n) is 10.2. The van der Waals surface area contributed by atoms with E-state index in [9.17, 15) is 4.39 Å². The van der Waals surface area contributed by atoms with E-state index in [-0.39, 0.29) is 10.8 Å². The molecule has 0 aromatic heterocycles. The van der Waals surface area contributed by atoms with Crippen molar-refractivity contribution in [1.29, 1.82) is 0 Å². The van der Waals surface area contributed by atoms with E-state index in [4.69, 9.17) is 11.6 Å². The molecule has 1 aromatic carbocycles. The van der Waals surface area contributed by atoms with Gasteiger partial charge < -0.3 is 5.32 Å². The first-order valence-electron chi connectivity index (χ1n) is 6.38. The van der Waals surface area contributed by atoms with Crippen LogP contribution in [0.1, 0.15) is 30.9 Å². The molecular formula is C14H19ClFN. The van der Waals surface area contributed by atoms with Crippen molar-refractivity contribution in [1.82, 2.24) is 5.32 Å². The number of halogens is 2. The zero-order valence-corrected chi connectivity index (χ0v) is 11.0. The van der Waals surface area contributed by atoms with Crippen LogP contribution in [0.4, 0.5) is 4.39 Å². The van der Waals surface area contributed by atoms with E-state index in [0.29, 0.717) is 12.3 Å². The fourth-order valence-corrected chi connectivity index (χ4v) is 2.76. The van der Waals surface area contributed by atoms with E-state index >= 15 is 0 Å². The quantitative estimate of drug-likeness (QED) is 0.871. The molecule has 94 valence electrons. The molecule has 0 amide bonds. The Labute approximate surface area is 107 Å². The van der Waals surface area contributed by atoms with Crippen molar-refractivity contribution in [2.24, 2.45) is 5.92 Å². The normalized spacial score (nSPS) is 17.4. The fourth-order valence-electron chi connectivity index (χ4n) is 2.50. The van der Waals surface area contributed by atoms with Gasteiger partial charge >= 0.3 is 0 Å². The minimum Gasteiger partial charge on any atom is -0.317 e. The predicted octanol–water partition coefficient (Wildman–Crippen LogP) is 3.58. The summed E-state index contributed by atoms with van der Waals surface area (Å²) < 4.78 is 13.6. The average molecular weight is 256 g/mol. The van der Waals surface area contributed by atoms with Crippen LogP contribution in [0.5, 0.6) is 0 Å². The molecule has 1 heterocycles. The third-order valence-corrected chi connectivity index (χ3v) is 3.80. The van der Waals surface area contributed by atoms with Gasteiger partial charge in [0.15, 0.2) is 0 Å². The highest BCUT2D eigenvalue weighted by Crippen LogP contribution is 2.25. The fraction of sp³-hybridized carbons (Fsp3) is 0.571. The Balaban J connectivity index is 2.12. The Kier molecular flexibility index (Phi) is 4.41. The highest BCUT2D eigenvalue weighted by atomic mass is 35.5. The molecule has 3 heteroatoms. The lowest BCUT2D eigenvalue weighted by atomic mass is 9.90. The first-order valence-corrected chi connectivity index (χ1v) is 6.76. The lowest BCUT2D eigenvalue weighted by Crippen LogP contribution is -2.28. The number of aryl methyl sites for hydroxylation is 1. The molecule has 1 N–H and O–H groups in total. The van der Waals surface area contributed by atoms with Crippen molar-refractivity contribution >= 4 is 11.6 Å². The van der Waals surface area contributed by atoms with Crippen LogP contribution in [0.25, 0.3) is 0 Å². The van der Waals surface area contributed by atoms with Gasteiger partial charge in [0.05, 0.1) is 5.02 Å². The summed E-state index contributed by atoms with van der Waals surface area (Å²) in [6.45, 7) is 4.16. The number of piperidine rings is 1. The van der Waals surface area contributed by atoms with E-state index in [0.717, 1.165) is 25.1 Å². The van der Waals surface area contributed by atoms with Crippen LogP contribution in [-0.4, -0.2) is 13.1 Å². The maximum Gasteiger partial charge on any atom is 0.144 e. The summed E-state index contributed by atoms with van der Waals surface area (Å²) in [6, 6.07) is 3.77. The largest absolute Gasteiger partial charge is 0.317 e. The van der Waals surface area contributed by atoms with Crippen LogP contribution in [0.15, 0.2) is 12.1 Å². The van der Waals surface area contributed by atoms with Crippen molar-refractivity contribution in [3.63, 3.8) is 0 Å². The lowest BCUT2D eigenvalue weighted by molar-refractivity contribution is 0.372. The van der Waals surface area contributed by atoms with Crippen LogP contribution in [0, 0.1) is 11.7 Å². The summed E-state index contributed by atoms with van der Waals surface area (Å²) in [5.41, 5.74) is 1.92. The Bertz CT molecular complexity index is 386. The molecule has 17 heavy (non-hydrogen) atoms. The zero-order chi connectivity index (χ0) is 12.3. The number of nitrogens with one attached hydrogen (secondary N) is 1. The van der Waals surface area contributed by atoms with Crippen LogP contribution >= 0.6 is 11.6 Å². The van der Waals surface area contributed by atoms with Gasteiger partial charge in [-0.3, -0.25) is 0 Å². The van der Waals surface area contributed by atoms with Crippen molar-refractivity contribution < 1.29 is 4.39 Å². The van der Waals surface area contributed by atoms with Gasteiger partial charge in [-0.15, -0.1) is 0 Å². The van der Waals surface area contributed by atoms with Crippen molar-refractivity contribution in [2.75, 3.05) is 13.1 Å². The number of benzene rings is 1. The van der Waals surface area contributed by atoms with E-state index in [2.05, 4.69) is 5.32 Å². The van der Waals surface area contributed by atoms with Crippen LogP contribution in [0.3, 0.4) is 0 Å². The summed E-state index contributed by atoms with van der Waals surface area (Å²) in [4.78, 5) is 0. The molecule has 0 unspecified atom stereocenters. The highest BCUT2D eigenvalue weighted by molar-refractivity contribution is 6.30. The number of hydrogen-bond acceptors (Lipinski definition) is 1. The van der Waals surface area contributed by atoms with Crippen LogP contribution in [0.2, 0.25) is 5.02 Å². The van der Waals surface area contributed by atoms with Gasteiger partial charge in [-0.25, -0.2) is 4.39 Å². The molecule has 0 aliphatic carbocycles. The van der Waals surface area contributed by atoms with Crippen molar-refractivity contribution in [3.05, 3.63) is 34.1 Å². The van der Waals surface area contributed by atoms with Crippen molar-refractivity contribution in [3.8, 4) is 0 Å². The van der Waals surface area contributed by atoms with Gasteiger partial charge in [0.2, 0.25) is 0 Å². The summed E-state index contributed by atoms with van der Waals surface area (Å²) in [6.07, 6.45) is 4.13. The highest BCUT2D eigenvalue weighted by Gasteiger charge is 2.15. The standard InChI is InChI=1S/C14H19ClFN/c1-2-12-8-11(9-13(15)14(12)16)7-10-3-5-17-6-4-10/h8-10,17H,2-7H2,1H3. The second-order valence-corrected chi connectivity index (χ2v) is 5.21. The molecular weight excluding hydrogens is 237 g/mol. The van der Waals surface area contributed by atoms with E-state index < -0.39 is 0 Å². The molecule has 0 atom stereocenters. The summed E-state index contributed by atoms with van der Waals surface area (Å²) in [7, 11) is 0. The number of rotatable bonds is 3. The third-order valence-electron chi connectivity index (χ3n) is 3.53. The monoisotopic (exact) mass is 255 g/mol. The maximum atomic E-state index is 13.6. The smallest absolute Gasteiger partial charge is 0.144 e. The molecule has 0 bridgehead atoms. The topological polar surface area (TPSA) is 12.0 Å². The average Bonchev–Trinajstić information content (AvgIpc) is 2.35. The predicted molar refractivity (Wildman–Crippen MR) is 70.1 cm³/mol. The molecule has 0 spiro atoms. The SMILES string of the molecule is CCc1cc(CC2CCNCC2)cc(Cl)c1F. The van der Waals surface area contributed by atoms with E-state index in [1.165, 1.54) is 18.4 Å². The van der Waals surface area contributed by atoms with Gasteiger partial charge in [-0.1, -0.05) is 24.6 Å². The Morgan fingerprint density at radius 2 is 2.06 bits per heavy atom. The molecule has 1 nitrogen and oxygen atoms in total. The Hall–Kier alpha value is -0.600. The second-order valence-electron chi connectivity index (χ2n) is 4.80. The Morgan fingerprint density at radius 1 is 1.35 bits per heavy atom. The van der Waals surface area contributed by atoms with Crippen LogP contribution < -0.4 is 5.32 Å². The van der Waals surface area contributed by atoms with Gasteiger partial charge in [-0.05, 0) is 61.9 Å². The van der Waals surface area contributed by atoms with Gasteiger partial charge in [0, 0.05) is 0 Å². The lowest BCUT2D eigenvalue weighted by Gasteiger charge is -2.23. The van der Waals surface area contributed by atoms with Gasteiger partial charge in [-0.2, -0.15) is 0 Å². The van der Waals surface area contributed by atoms with Gasteiger partial charge in [0.25, 0.3) is 0 Å². The molecule has 1 fully saturated rings. The number of hydrogen-bond donors (Lipinski definition) is 1. The van der Waals surface area contributed by atoms with Gasteiger partial charge in [0.1, 0.15) is 5.82 Å². The first-order chi connectivity index (χ1) is 8.20. The Morgan fingerprint density at radius 3 is 2.71 bits per heavy atom. The minimum atomic E-state index is -0.247. The van der Waals surface area contributed by atoms with Crippen molar-refractivity contribution in [2.45, 2.75) is 32.6 Å². The molecule has 2 rings (SSSR count). The van der Waals surface area contributed by atoms with E-state index in [1.807, 2.05) is 13.0 Å². The second kappa shape index (κ2) is 5.83. The summed E-state index contributed by atoms with van der Waals surface area (Å²) >= 11 is 5.93. The molecule has 0 saturated carbocycles. The molecule has 0 radical (unpaired) electrons. The molecule has 1 aliphatic heterocycles. The van der Waals surface area contributed by atoms with E-state index in [1.54, 1.807) is 6.07 Å². The first kappa shape index (κ1) is 12.8. The third kappa shape index (κ3) is 3.20. The summed E-state index contributed by atoms with van der Waals surface area (Å²) in [5.74, 6) is 0.464. The molecule has 1 aromatic rings. The summed E-state index contributed by atoms with van der Waals surface area (Å²) in [5, 5.41) is 3.63. The minimum absolute atomic E-state index is 0.247. The molecule has 1 aliphatic rings. The maximum absolute atomic E-state index is 13.6. The van der Waals surface area contributed by atoms with Crippen LogP contribution in [-0.2, 0) is 12.8 Å².